The van der Waals surface area contributed by atoms with E-state index >= 15 is 0 Å². The topological polar surface area (TPSA) is 72.3 Å². The zero-order valence-corrected chi connectivity index (χ0v) is 10.1. The number of rotatable bonds is 1. The van der Waals surface area contributed by atoms with Crippen LogP contribution in [0.2, 0.25) is 0 Å². The van der Waals surface area contributed by atoms with Crippen LogP contribution in [0.4, 0.5) is 8.78 Å². The van der Waals surface area contributed by atoms with Gasteiger partial charge in [0.2, 0.25) is 0 Å². The minimum absolute atomic E-state index is 0.00856. The number of nitrogens with one attached hydrogen (secondary N) is 1. The van der Waals surface area contributed by atoms with Gasteiger partial charge in [-0.25, -0.2) is 18.4 Å². The lowest BCUT2D eigenvalue weighted by Crippen LogP contribution is -2.30. The molecule has 20 heavy (non-hydrogen) atoms. The number of benzene rings is 1. The molecule has 0 saturated heterocycles. The van der Waals surface area contributed by atoms with Gasteiger partial charge in [0, 0.05) is 11.6 Å². The minimum Gasteiger partial charge on any atom is -0.375 e. The Morgan fingerprint density at radius 2 is 2.00 bits per heavy atom. The SMILES string of the molecule is O=c1[nH]c2c(c(=O)o1)COCC2c1ccc(F)c(F)c1. The van der Waals surface area contributed by atoms with Crippen LogP contribution >= 0.6 is 0 Å². The largest absolute Gasteiger partial charge is 0.419 e. The van der Waals surface area contributed by atoms with Crippen LogP contribution in [0.15, 0.2) is 32.2 Å². The first-order chi connectivity index (χ1) is 9.56. The van der Waals surface area contributed by atoms with Gasteiger partial charge in [0.1, 0.15) is 0 Å². The van der Waals surface area contributed by atoms with Crippen molar-refractivity contribution in [2.75, 3.05) is 6.61 Å². The lowest BCUT2D eigenvalue weighted by Gasteiger charge is -2.24. The molecule has 1 aliphatic rings. The van der Waals surface area contributed by atoms with E-state index in [9.17, 15) is 18.4 Å². The summed E-state index contributed by atoms with van der Waals surface area (Å²) in [6.45, 7) is 0.159. The summed E-state index contributed by atoms with van der Waals surface area (Å²) in [6.07, 6.45) is 0. The summed E-state index contributed by atoms with van der Waals surface area (Å²) in [5.74, 6) is -3.40. The van der Waals surface area contributed by atoms with Crippen LogP contribution in [0, 0.1) is 11.6 Å². The molecular weight excluding hydrogens is 272 g/mol. The monoisotopic (exact) mass is 281 g/mol. The maximum absolute atomic E-state index is 13.3. The van der Waals surface area contributed by atoms with E-state index in [4.69, 9.17) is 4.74 Å². The number of aromatic nitrogens is 1. The van der Waals surface area contributed by atoms with Crippen LogP contribution in [0.25, 0.3) is 0 Å². The third-order valence-corrected chi connectivity index (χ3v) is 3.22. The number of aromatic amines is 1. The Morgan fingerprint density at radius 1 is 1.20 bits per heavy atom. The van der Waals surface area contributed by atoms with Crippen molar-refractivity contribution in [2.24, 2.45) is 0 Å². The molecule has 0 fully saturated rings. The second-order valence-corrected chi connectivity index (χ2v) is 4.44. The van der Waals surface area contributed by atoms with Crippen molar-refractivity contribution in [3.63, 3.8) is 0 Å². The van der Waals surface area contributed by atoms with Gasteiger partial charge >= 0.3 is 11.4 Å². The molecule has 0 radical (unpaired) electrons. The average molecular weight is 281 g/mol. The fourth-order valence-corrected chi connectivity index (χ4v) is 2.25. The van der Waals surface area contributed by atoms with Crippen LogP contribution in [-0.4, -0.2) is 11.6 Å². The molecule has 1 aromatic carbocycles. The molecule has 0 spiro atoms. The minimum atomic E-state index is -1.00. The normalized spacial score (nSPS) is 17.8. The molecule has 0 aliphatic carbocycles. The molecule has 1 N–H and O–H groups in total. The van der Waals surface area contributed by atoms with E-state index in [1.54, 1.807) is 0 Å². The first kappa shape index (κ1) is 12.7. The Kier molecular flexibility index (Phi) is 2.98. The predicted octanol–water partition coefficient (Wildman–Crippen LogP) is 1.27. The smallest absolute Gasteiger partial charge is 0.375 e. The van der Waals surface area contributed by atoms with Crippen molar-refractivity contribution in [1.29, 1.82) is 0 Å². The van der Waals surface area contributed by atoms with Gasteiger partial charge in [-0.3, -0.25) is 4.98 Å². The lowest BCUT2D eigenvalue weighted by atomic mass is 9.92. The second-order valence-electron chi connectivity index (χ2n) is 4.44. The third-order valence-electron chi connectivity index (χ3n) is 3.22. The lowest BCUT2D eigenvalue weighted by molar-refractivity contribution is 0.0928. The first-order valence-electron chi connectivity index (χ1n) is 5.85. The quantitative estimate of drug-likeness (QED) is 0.854. The van der Waals surface area contributed by atoms with E-state index < -0.39 is 28.9 Å². The van der Waals surface area contributed by atoms with E-state index in [2.05, 4.69) is 9.40 Å². The summed E-state index contributed by atoms with van der Waals surface area (Å²) >= 11 is 0. The van der Waals surface area contributed by atoms with Gasteiger partial charge in [-0.2, -0.15) is 0 Å². The van der Waals surface area contributed by atoms with Crippen LogP contribution in [0.3, 0.4) is 0 Å². The Hall–Kier alpha value is -2.28. The van der Waals surface area contributed by atoms with Gasteiger partial charge in [0.15, 0.2) is 11.6 Å². The van der Waals surface area contributed by atoms with Crippen molar-refractivity contribution in [3.8, 4) is 0 Å². The van der Waals surface area contributed by atoms with Crippen molar-refractivity contribution in [3.05, 3.63) is 67.6 Å². The van der Waals surface area contributed by atoms with E-state index in [1.165, 1.54) is 6.07 Å². The highest BCUT2D eigenvalue weighted by molar-refractivity contribution is 5.33. The fraction of sp³-hybridized carbons (Fsp3) is 0.231. The molecule has 104 valence electrons. The molecule has 3 rings (SSSR count). The Labute approximate surface area is 110 Å². The Balaban J connectivity index is 2.16. The summed E-state index contributed by atoms with van der Waals surface area (Å²) in [5.41, 5.74) is 0.135. The first-order valence-corrected chi connectivity index (χ1v) is 5.85. The van der Waals surface area contributed by atoms with Crippen molar-refractivity contribution >= 4 is 0 Å². The summed E-state index contributed by atoms with van der Waals surface area (Å²) in [4.78, 5) is 25.3. The molecule has 0 bridgehead atoms. The van der Waals surface area contributed by atoms with E-state index in [0.29, 0.717) is 11.3 Å². The van der Waals surface area contributed by atoms with Crippen LogP contribution in [-0.2, 0) is 11.3 Å². The maximum Gasteiger partial charge on any atom is 0.419 e. The highest BCUT2D eigenvalue weighted by atomic mass is 19.2. The molecular formula is C13H9F2NO4. The summed E-state index contributed by atoms with van der Waals surface area (Å²) < 4.78 is 35.9. The van der Waals surface area contributed by atoms with Gasteiger partial charge in [0.05, 0.1) is 18.8 Å². The van der Waals surface area contributed by atoms with Gasteiger partial charge < -0.3 is 9.15 Å². The molecule has 1 aliphatic heterocycles. The highest BCUT2D eigenvalue weighted by Crippen LogP contribution is 2.29. The zero-order valence-electron chi connectivity index (χ0n) is 10.1. The molecule has 2 heterocycles. The van der Waals surface area contributed by atoms with E-state index in [1.807, 2.05) is 0 Å². The number of hydrogen-bond acceptors (Lipinski definition) is 4. The van der Waals surface area contributed by atoms with Crippen molar-refractivity contribution in [1.82, 2.24) is 4.98 Å². The number of fused-ring (bicyclic) bond motifs is 1. The van der Waals surface area contributed by atoms with Crippen LogP contribution in [0.5, 0.6) is 0 Å². The predicted molar refractivity (Wildman–Crippen MR) is 63.5 cm³/mol. The third kappa shape index (κ3) is 2.05. The van der Waals surface area contributed by atoms with Crippen LogP contribution in [0.1, 0.15) is 22.7 Å². The number of ether oxygens (including phenoxy) is 1. The number of H-pyrrole nitrogens is 1. The molecule has 5 nitrogen and oxygen atoms in total. The summed E-state index contributed by atoms with van der Waals surface area (Å²) in [5, 5.41) is 0. The highest BCUT2D eigenvalue weighted by Gasteiger charge is 2.27. The number of halogens is 2. The molecule has 1 atom stereocenters. The van der Waals surface area contributed by atoms with E-state index in [0.717, 1.165) is 12.1 Å². The Bertz CT molecular complexity index is 781. The molecule has 1 unspecified atom stereocenters. The molecule has 0 saturated carbocycles. The maximum atomic E-state index is 13.3. The Morgan fingerprint density at radius 3 is 2.75 bits per heavy atom. The molecule has 0 amide bonds. The van der Waals surface area contributed by atoms with Crippen LogP contribution < -0.4 is 11.4 Å². The standard InChI is InChI=1S/C13H9F2NO4/c14-9-2-1-6(3-10(9)15)7-4-19-5-8-11(7)16-13(18)20-12(8)17/h1-3,7H,4-5H2,(H,16,18). The van der Waals surface area contributed by atoms with Crippen molar-refractivity contribution < 1.29 is 17.9 Å². The molecule has 7 heteroatoms. The van der Waals surface area contributed by atoms with Gasteiger partial charge in [-0.05, 0) is 17.7 Å². The summed E-state index contributed by atoms with van der Waals surface area (Å²) in [7, 11) is 0. The fourth-order valence-electron chi connectivity index (χ4n) is 2.25. The van der Waals surface area contributed by atoms with Crippen molar-refractivity contribution in [2.45, 2.75) is 12.5 Å². The zero-order chi connectivity index (χ0) is 14.3. The van der Waals surface area contributed by atoms with E-state index in [-0.39, 0.29) is 18.8 Å². The van der Waals surface area contributed by atoms with Gasteiger partial charge in [-0.15, -0.1) is 0 Å². The summed E-state index contributed by atoms with van der Waals surface area (Å²) in [6, 6.07) is 3.39. The molecule has 1 aromatic heterocycles. The van der Waals surface area contributed by atoms with Gasteiger partial charge in [0.25, 0.3) is 0 Å². The average Bonchev–Trinajstić information content (AvgIpc) is 2.41. The number of hydrogen-bond donors (Lipinski definition) is 1. The van der Waals surface area contributed by atoms with Gasteiger partial charge in [-0.1, -0.05) is 6.07 Å². The molecule has 2 aromatic rings. The second kappa shape index (κ2) is 4.68.